The molecule has 0 aromatic carbocycles. The van der Waals surface area contributed by atoms with Crippen LogP contribution in [0.2, 0.25) is 0 Å². The van der Waals surface area contributed by atoms with Crippen molar-refractivity contribution in [1.82, 2.24) is 9.88 Å². The number of rotatable bonds is 13. The predicted molar refractivity (Wildman–Crippen MR) is 89.4 cm³/mol. The Bertz CT molecular complexity index is 353. The molecule has 0 aliphatic carbocycles. The van der Waals surface area contributed by atoms with E-state index in [9.17, 15) is 0 Å². The number of halogens is 1. The molecule has 0 atom stereocenters. The van der Waals surface area contributed by atoms with E-state index in [0.29, 0.717) is 5.88 Å². The van der Waals surface area contributed by atoms with Crippen LogP contribution in [0.4, 0.5) is 0 Å². The Labute approximate surface area is 137 Å². The van der Waals surface area contributed by atoms with Crippen LogP contribution in [-0.4, -0.2) is 55.9 Å². The molecule has 21 heavy (non-hydrogen) atoms. The van der Waals surface area contributed by atoms with Gasteiger partial charge in [-0.3, -0.25) is 4.90 Å². The van der Waals surface area contributed by atoms with Crippen molar-refractivity contribution in [3.8, 4) is 0 Å². The van der Waals surface area contributed by atoms with Crippen LogP contribution in [0, 0.1) is 0 Å². The van der Waals surface area contributed by atoms with Gasteiger partial charge in [0.15, 0.2) is 0 Å². The van der Waals surface area contributed by atoms with Crippen molar-refractivity contribution in [2.45, 2.75) is 32.6 Å². The van der Waals surface area contributed by atoms with Crippen LogP contribution in [0.25, 0.3) is 0 Å². The highest BCUT2D eigenvalue weighted by Crippen LogP contribution is 2.13. The van der Waals surface area contributed by atoms with Crippen molar-refractivity contribution in [2.75, 3.05) is 46.1 Å². The number of nitrogens with zero attached hydrogens (tertiary/aromatic N) is 2. The first kappa shape index (κ1) is 18.8. The van der Waals surface area contributed by atoms with Gasteiger partial charge in [0.25, 0.3) is 0 Å². The quantitative estimate of drug-likeness (QED) is 0.410. The summed E-state index contributed by atoms with van der Waals surface area (Å²) in [5.41, 5.74) is 0.987. The first-order chi connectivity index (χ1) is 10.3. The number of thiazole rings is 1. The molecule has 0 radical (unpaired) electrons. The summed E-state index contributed by atoms with van der Waals surface area (Å²) in [5.74, 6) is 0.505. The molecule has 6 heteroatoms. The van der Waals surface area contributed by atoms with Gasteiger partial charge >= 0.3 is 0 Å². The fourth-order valence-electron chi connectivity index (χ4n) is 1.99. The second kappa shape index (κ2) is 12.4. The van der Waals surface area contributed by atoms with Gasteiger partial charge in [-0.05, 0) is 26.8 Å². The van der Waals surface area contributed by atoms with Crippen LogP contribution in [0.3, 0.4) is 0 Å². The van der Waals surface area contributed by atoms with Crippen LogP contribution < -0.4 is 0 Å². The van der Waals surface area contributed by atoms with Gasteiger partial charge in [-0.25, -0.2) is 4.98 Å². The van der Waals surface area contributed by atoms with Crippen molar-refractivity contribution in [3.63, 3.8) is 0 Å². The third-order valence-electron chi connectivity index (χ3n) is 3.11. The number of hydrogen-bond donors (Lipinski definition) is 0. The lowest BCUT2D eigenvalue weighted by molar-refractivity contribution is 0.0824. The van der Waals surface area contributed by atoms with E-state index >= 15 is 0 Å². The first-order valence-corrected chi connectivity index (χ1v) is 9.08. The number of ether oxygens (including phenoxy) is 2. The zero-order valence-electron chi connectivity index (χ0n) is 13.1. The molecular weight excluding hydrogens is 308 g/mol. The van der Waals surface area contributed by atoms with Crippen LogP contribution >= 0.6 is 22.9 Å². The molecule has 0 bridgehead atoms. The summed E-state index contributed by atoms with van der Waals surface area (Å²) in [4.78, 5) is 6.90. The van der Waals surface area contributed by atoms with Gasteiger partial charge in [0, 0.05) is 38.1 Å². The molecular formula is C15H27ClN2O2S. The number of alkyl halides is 1. The lowest BCUT2D eigenvalue weighted by Gasteiger charge is -2.21. The highest BCUT2D eigenvalue weighted by molar-refractivity contribution is 7.09. The Morgan fingerprint density at radius 3 is 2.33 bits per heavy atom. The molecule has 0 amide bonds. The maximum absolute atomic E-state index is 5.77. The molecule has 4 nitrogen and oxygen atoms in total. The van der Waals surface area contributed by atoms with E-state index in [1.807, 2.05) is 19.2 Å². The number of aromatic nitrogens is 1. The number of aryl methyl sites for hydroxylation is 1. The summed E-state index contributed by atoms with van der Waals surface area (Å²) in [5, 5.41) is 3.23. The summed E-state index contributed by atoms with van der Waals surface area (Å²) in [6, 6.07) is 0. The maximum Gasteiger partial charge on any atom is 0.0929 e. The molecule has 0 aliphatic rings. The van der Waals surface area contributed by atoms with Crippen molar-refractivity contribution in [1.29, 1.82) is 0 Å². The van der Waals surface area contributed by atoms with Gasteiger partial charge < -0.3 is 9.47 Å². The molecule has 1 aromatic heterocycles. The largest absolute Gasteiger partial charge is 0.380 e. The lowest BCUT2D eigenvalue weighted by atomic mass is 10.3. The van der Waals surface area contributed by atoms with Crippen molar-refractivity contribution >= 4 is 22.9 Å². The van der Waals surface area contributed by atoms with E-state index in [1.54, 1.807) is 11.3 Å². The minimum absolute atomic E-state index is 0.505. The minimum Gasteiger partial charge on any atom is -0.380 e. The van der Waals surface area contributed by atoms with E-state index in [-0.39, 0.29) is 0 Å². The highest BCUT2D eigenvalue weighted by Gasteiger charge is 2.06. The Balaban J connectivity index is 2.25. The molecule has 0 N–H and O–H groups in total. The Morgan fingerprint density at radius 1 is 1.14 bits per heavy atom. The molecule has 0 saturated heterocycles. The third kappa shape index (κ3) is 8.73. The molecule has 0 spiro atoms. The van der Waals surface area contributed by atoms with Gasteiger partial charge in [-0.2, -0.15) is 0 Å². The van der Waals surface area contributed by atoms with E-state index in [4.69, 9.17) is 21.1 Å². The minimum atomic E-state index is 0.505. The summed E-state index contributed by atoms with van der Waals surface area (Å²) in [6.07, 6.45) is 2.12. The molecule has 0 fully saturated rings. The van der Waals surface area contributed by atoms with Gasteiger partial charge in [0.2, 0.25) is 0 Å². The second-order valence-electron chi connectivity index (χ2n) is 4.71. The molecule has 1 heterocycles. The maximum atomic E-state index is 5.77. The Morgan fingerprint density at radius 2 is 1.81 bits per heavy atom. The van der Waals surface area contributed by atoms with E-state index in [0.717, 1.165) is 64.6 Å². The summed E-state index contributed by atoms with van der Waals surface area (Å²) in [7, 11) is 0. The molecule has 0 aliphatic heterocycles. The Hall–Kier alpha value is -0.200. The second-order valence-corrected chi connectivity index (χ2v) is 5.92. The van der Waals surface area contributed by atoms with E-state index in [2.05, 4.69) is 9.88 Å². The standard InChI is InChI=1S/C15H27ClN2O2S/c1-3-19-10-8-18(9-11-20-4-2)7-5-6-15-17-14(12-16)13-21-15/h13H,3-12H2,1-2H3. The predicted octanol–water partition coefficient (Wildman–Crippen LogP) is 3.19. The first-order valence-electron chi connectivity index (χ1n) is 7.67. The molecule has 1 rings (SSSR count). The topological polar surface area (TPSA) is 34.6 Å². The Kier molecular flexibility index (Phi) is 11.1. The van der Waals surface area contributed by atoms with Crippen LogP contribution in [0.5, 0.6) is 0 Å². The van der Waals surface area contributed by atoms with Crippen LogP contribution in [0.15, 0.2) is 5.38 Å². The van der Waals surface area contributed by atoms with Gasteiger partial charge in [0.05, 0.1) is 29.8 Å². The van der Waals surface area contributed by atoms with Crippen molar-refractivity contribution in [3.05, 3.63) is 16.1 Å². The smallest absolute Gasteiger partial charge is 0.0929 e. The zero-order valence-corrected chi connectivity index (χ0v) is 14.7. The molecule has 0 unspecified atom stereocenters. The van der Waals surface area contributed by atoms with Crippen LogP contribution in [0.1, 0.15) is 31.0 Å². The van der Waals surface area contributed by atoms with Gasteiger partial charge in [-0.15, -0.1) is 22.9 Å². The van der Waals surface area contributed by atoms with E-state index < -0.39 is 0 Å². The normalized spacial score (nSPS) is 11.4. The zero-order chi connectivity index (χ0) is 15.3. The molecule has 0 saturated carbocycles. The van der Waals surface area contributed by atoms with E-state index in [1.165, 1.54) is 5.01 Å². The highest BCUT2D eigenvalue weighted by atomic mass is 35.5. The summed E-state index contributed by atoms with van der Waals surface area (Å²) >= 11 is 7.48. The van der Waals surface area contributed by atoms with Crippen LogP contribution in [-0.2, 0) is 21.8 Å². The third-order valence-corrected chi connectivity index (χ3v) is 4.34. The van der Waals surface area contributed by atoms with Crippen molar-refractivity contribution in [2.24, 2.45) is 0 Å². The average Bonchev–Trinajstić information content (AvgIpc) is 2.95. The molecule has 1 aromatic rings. The lowest BCUT2D eigenvalue weighted by Crippen LogP contribution is -2.32. The summed E-state index contributed by atoms with van der Waals surface area (Å²) < 4.78 is 10.9. The van der Waals surface area contributed by atoms with Gasteiger partial charge in [-0.1, -0.05) is 0 Å². The fourth-order valence-corrected chi connectivity index (χ4v) is 3.06. The monoisotopic (exact) mass is 334 g/mol. The fraction of sp³-hybridized carbons (Fsp3) is 0.800. The summed E-state index contributed by atoms with van der Waals surface area (Å²) in [6.45, 7) is 10.2. The SMILES string of the molecule is CCOCCN(CCCc1nc(CCl)cs1)CCOCC. The average molecular weight is 335 g/mol. The molecule has 122 valence electrons. The van der Waals surface area contributed by atoms with Gasteiger partial charge in [0.1, 0.15) is 0 Å². The van der Waals surface area contributed by atoms with Crippen molar-refractivity contribution < 1.29 is 9.47 Å². The number of hydrogen-bond acceptors (Lipinski definition) is 5.